The van der Waals surface area contributed by atoms with Gasteiger partial charge in [0.15, 0.2) is 0 Å². The minimum Gasteiger partial charge on any atom is -0.396 e. The molecule has 8 aromatic rings. The third-order valence-electron chi connectivity index (χ3n) is 14.7. The molecule has 8 bridgehead atoms. The van der Waals surface area contributed by atoms with E-state index in [9.17, 15) is 10.2 Å². The molecular formula is C56H60O16Si10. The summed E-state index contributed by atoms with van der Waals surface area (Å²) in [5.74, 6) is 0. The first kappa shape index (κ1) is 56.4. The molecule has 420 valence electrons. The Morgan fingerprint density at radius 3 is 0.488 bits per heavy atom. The maximum absolute atomic E-state index is 11.0. The number of hydrogen-bond acceptors (Lipinski definition) is 16. The minimum atomic E-state index is -5.20. The zero-order valence-electron chi connectivity index (χ0n) is 44.9. The molecule has 0 spiro atoms. The molecule has 0 radical (unpaired) electrons. The summed E-state index contributed by atoms with van der Waals surface area (Å²) in [6, 6.07) is 76.6. The van der Waals surface area contributed by atoms with E-state index < -0.39 is 87.6 Å². The van der Waals surface area contributed by atoms with E-state index in [4.69, 9.17) is 57.6 Å². The molecule has 6 saturated heterocycles. The molecule has 6 heterocycles. The zero-order chi connectivity index (χ0) is 56.0. The first-order valence-electron chi connectivity index (χ1n) is 27.3. The van der Waals surface area contributed by atoms with E-state index in [1.54, 1.807) is 0 Å². The van der Waals surface area contributed by atoms with Gasteiger partial charge in [-0.3, -0.25) is 0 Å². The third kappa shape index (κ3) is 10.3. The van der Waals surface area contributed by atoms with E-state index >= 15 is 0 Å². The van der Waals surface area contributed by atoms with Crippen molar-refractivity contribution in [3.05, 3.63) is 243 Å². The minimum absolute atomic E-state index is 0.184. The molecule has 0 saturated carbocycles. The Bertz CT molecular complexity index is 2990. The molecule has 6 aliphatic heterocycles. The largest absolute Gasteiger partial charge is 0.515 e. The number of aliphatic hydroxyl groups excluding tert-OH is 2. The predicted octanol–water partition coefficient (Wildman–Crippen LogP) is 3.96. The van der Waals surface area contributed by atoms with E-state index in [2.05, 4.69) is 0 Å². The van der Waals surface area contributed by atoms with Gasteiger partial charge in [-0.1, -0.05) is 243 Å². The van der Waals surface area contributed by atoms with Crippen molar-refractivity contribution in [3.63, 3.8) is 0 Å². The summed E-state index contributed by atoms with van der Waals surface area (Å²) in [5.41, 5.74) is 0. The summed E-state index contributed by atoms with van der Waals surface area (Å²) in [4.78, 5) is 0. The molecule has 6 fully saturated rings. The van der Waals surface area contributed by atoms with Crippen LogP contribution in [-0.4, -0.2) is 111 Å². The highest BCUT2D eigenvalue weighted by Crippen LogP contribution is 2.48. The molecule has 2 N–H and O–H groups in total. The van der Waals surface area contributed by atoms with Gasteiger partial charge in [0.1, 0.15) is 0 Å². The normalized spacial score (nSPS) is 34.2. The van der Waals surface area contributed by atoms with Gasteiger partial charge in [0.2, 0.25) is 0 Å². The lowest BCUT2D eigenvalue weighted by Crippen LogP contribution is -2.93. The molecule has 26 heteroatoms. The number of rotatable bonds is 14. The van der Waals surface area contributed by atoms with Crippen molar-refractivity contribution in [1.82, 2.24) is 0 Å². The molecule has 6 aliphatic rings. The topological polar surface area (TPSA) is 170 Å². The van der Waals surface area contributed by atoms with Gasteiger partial charge in [-0.05, 0) is 38.0 Å². The summed E-state index contributed by atoms with van der Waals surface area (Å²) in [7, 11) is -49.2. The average Bonchev–Trinajstić information content (AvgIpc) is 0.918. The monoisotopic (exact) mass is 1270 g/mol. The molecule has 0 aliphatic carbocycles. The molecule has 14 rings (SSSR count). The van der Waals surface area contributed by atoms with Crippen molar-refractivity contribution >= 4 is 129 Å². The summed E-state index contributed by atoms with van der Waals surface area (Å²) >= 11 is 0. The van der Waals surface area contributed by atoms with Gasteiger partial charge < -0.3 is 67.8 Å². The summed E-state index contributed by atoms with van der Waals surface area (Å²) < 4.78 is 117. The number of fused-ring (bicyclic) bond motifs is 4. The molecule has 0 unspecified atom stereocenters. The van der Waals surface area contributed by atoms with Crippen molar-refractivity contribution in [3.8, 4) is 0 Å². The van der Waals surface area contributed by atoms with E-state index in [1.807, 2.05) is 256 Å². The predicted molar refractivity (Wildman–Crippen MR) is 326 cm³/mol. The molecule has 0 atom stereocenters. The standard InChI is InChI=1S/C56H60O16Si10/c1-73(47-27-45-57)59-75(49-29-11-3-12-30-49)63-79(53-37-19-7-20-38-53)67-77(51-33-15-5-16-34-51)61-74(2,48-28-46-58)62-78(52-35-17-6-18-36-52)69-81(71-79,55-41-23-9-24-42-55)65-76(60-73,50-31-13-4-14-32-50)66-82(70-78,56-43-25-10-26-44-56)72-80(64-75,68-77)54-39-21-8-22-40-54/h3-26,29-44,57-58H,27-28,45-48H2,1-2H3. The van der Waals surface area contributed by atoms with Crippen molar-refractivity contribution < 1.29 is 67.8 Å². The molecular weight excluding hydrogens is 1210 g/mol. The number of hydrogen-bond donors (Lipinski definition) is 2. The van der Waals surface area contributed by atoms with Gasteiger partial charge in [0, 0.05) is 54.7 Å². The number of benzene rings is 8. The van der Waals surface area contributed by atoms with Crippen LogP contribution in [0, 0.1) is 0 Å². The van der Waals surface area contributed by atoms with Crippen LogP contribution in [0.4, 0.5) is 0 Å². The molecule has 82 heavy (non-hydrogen) atoms. The summed E-state index contributed by atoms with van der Waals surface area (Å²) in [6.07, 6.45) is 0.484. The molecule has 16 nitrogen and oxygen atoms in total. The fraction of sp³-hybridized carbons (Fsp3) is 0.143. The van der Waals surface area contributed by atoms with Crippen LogP contribution in [0.25, 0.3) is 0 Å². The maximum atomic E-state index is 11.0. The van der Waals surface area contributed by atoms with Gasteiger partial charge in [-0.25, -0.2) is 0 Å². The Labute approximate surface area is 487 Å². The smallest absolute Gasteiger partial charge is 0.396 e. The first-order valence-corrected chi connectivity index (χ1v) is 46.2. The van der Waals surface area contributed by atoms with Crippen molar-refractivity contribution in [2.45, 2.75) is 38.0 Å². The fourth-order valence-electron chi connectivity index (χ4n) is 11.0. The maximum Gasteiger partial charge on any atom is 0.515 e. The van der Waals surface area contributed by atoms with Crippen LogP contribution in [0.5, 0.6) is 0 Å². The highest BCUT2D eigenvalue weighted by Gasteiger charge is 2.83. The van der Waals surface area contributed by atoms with Gasteiger partial charge in [-0.15, -0.1) is 0 Å². The summed E-state index contributed by atoms with van der Waals surface area (Å²) in [5, 5.41) is 25.8. The number of aliphatic hydroxyl groups is 2. The van der Waals surface area contributed by atoms with E-state index in [1.165, 1.54) is 0 Å². The van der Waals surface area contributed by atoms with Crippen molar-refractivity contribution in [2.75, 3.05) is 13.2 Å². The van der Waals surface area contributed by atoms with Crippen LogP contribution >= 0.6 is 0 Å². The van der Waals surface area contributed by atoms with Gasteiger partial charge in [-0.2, -0.15) is 0 Å². The fourth-order valence-corrected chi connectivity index (χ4v) is 67.7. The van der Waals surface area contributed by atoms with Crippen molar-refractivity contribution in [1.29, 1.82) is 0 Å². The Morgan fingerprint density at radius 1 is 0.220 bits per heavy atom. The third-order valence-corrected chi connectivity index (χ3v) is 58.2. The second-order valence-corrected chi connectivity index (χ2v) is 51.2. The molecule has 0 amide bonds. The highest BCUT2D eigenvalue weighted by molar-refractivity contribution is 7.12. The summed E-state index contributed by atoms with van der Waals surface area (Å²) in [6.45, 7) is 3.48. The van der Waals surface area contributed by atoms with Crippen molar-refractivity contribution in [2.24, 2.45) is 0 Å². The lowest BCUT2D eigenvalue weighted by atomic mass is 10.4. The van der Waals surface area contributed by atoms with Crippen LogP contribution in [0.2, 0.25) is 25.2 Å². The van der Waals surface area contributed by atoms with Gasteiger partial charge in [0.25, 0.3) is 0 Å². The van der Waals surface area contributed by atoms with E-state index in [-0.39, 0.29) is 38.1 Å². The lowest BCUT2D eigenvalue weighted by Gasteiger charge is -2.61. The Hall–Kier alpha value is -4.71. The first-order chi connectivity index (χ1) is 39.9. The Kier molecular flexibility index (Phi) is 15.3. The lowest BCUT2D eigenvalue weighted by molar-refractivity contribution is 0.0250. The highest BCUT2D eigenvalue weighted by atomic mass is 28.6. The van der Waals surface area contributed by atoms with E-state index in [0.717, 1.165) is 0 Å². The van der Waals surface area contributed by atoms with Gasteiger partial charge in [0.05, 0.1) is 0 Å². The van der Waals surface area contributed by atoms with Crippen LogP contribution < -0.4 is 41.5 Å². The van der Waals surface area contributed by atoms with Crippen LogP contribution in [-0.2, 0) is 57.6 Å². The second-order valence-electron chi connectivity index (χ2n) is 20.7. The zero-order valence-corrected chi connectivity index (χ0v) is 54.9. The van der Waals surface area contributed by atoms with Gasteiger partial charge >= 0.3 is 87.6 Å². The molecule has 8 aromatic carbocycles. The average molecular weight is 1270 g/mol. The Morgan fingerprint density at radius 2 is 0.354 bits per heavy atom. The second kappa shape index (κ2) is 22.3. The SMILES string of the molecule is C[Si]1(CCCO)O[Si]2(c3ccccc3)O[Si]3(c4ccccc4)O[Si]4(c5ccccc5)O[Si](C)(CCCO)O[Si]5(c6ccccc6)O[Si](c6ccccc6)(O[Si](c6ccccc6)(O1)O[Si](c1ccccc1)(O5)O[Si](c1ccccc1)(O2)O4)O3. The molecule has 0 aromatic heterocycles. The Balaban J connectivity index is 1.32. The van der Waals surface area contributed by atoms with Crippen LogP contribution in [0.1, 0.15) is 12.8 Å². The van der Waals surface area contributed by atoms with E-state index in [0.29, 0.717) is 41.5 Å². The van der Waals surface area contributed by atoms with Crippen LogP contribution in [0.3, 0.4) is 0 Å². The van der Waals surface area contributed by atoms with Crippen LogP contribution in [0.15, 0.2) is 243 Å². The quantitative estimate of drug-likeness (QED) is 0.150.